The Morgan fingerprint density at radius 1 is 0.933 bits per heavy atom. The molecule has 15 heavy (non-hydrogen) atoms. The van der Waals surface area contributed by atoms with E-state index in [0.29, 0.717) is 19.8 Å². The molecule has 0 aliphatic heterocycles. The average molecular weight is 212 g/mol. The van der Waals surface area contributed by atoms with Gasteiger partial charge in [0.05, 0.1) is 26.4 Å². The molecule has 84 valence electrons. The fourth-order valence-corrected chi connectivity index (χ4v) is 0.970. The van der Waals surface area contributed by atoms with Crippen molar-refractivity contribution in [1.82, 2.24) is 0 Å². The fourth-order valence-electron chi connectivity index (χ4n) is 0.970. The Morgan fingerprint density at radius 3 is 2.40 bits per heavy atom. The molecule has 1 aromatic rings. The minimum atomic E-state index is 0.0422. The van der Waals surface area contributed by atoms with Gasteiger partial charge in [-0.1, -0.05) is 18.2 Å². The summed E-state index contributed by atoms with van der Waals surface area (Å²) in [5, 5.41) is 8.43. The van der Waals surface area contributed by atoms with Crippen molar-refractivity contribution < 1.29 is 19.3 Å². The van der Waals surface area contributed by atoms with Crippen LogP contribution in [0.3, 0.4) is 0 Å². The predicted octanol–water partition coefficient (Wildman–Crippen LogP) is 1.05. The topological polar surface area (TPSA) is 47.9 Å². The van der Waals surface area contributed by atoms with Gasteiger partial charge in [-0.15, -0.1) is 0 Å². The van der Waals surface area contributed by atoms with Gasteiger partial charge in [0.1, 0.15) is 5.75 Å². The van der Waals surface area contributed by atoms with Crippen molar-refractivity contribution in [2.24, 2.45) is 0 Å². The number of aliphatic hydroxyl groups excluding tert-OH is 1. The molecule has 0 atom stereocenters. The minimum Gasteiger partial charge on any atom is -0.468 e. The molecule has 4 nitrogen and oxygen atoms in total. The summed E-state index contributed by atoms with van der Waals surface area (Å²) < 4.78 is 15.4. The second-order valence-electron chi connectivity index (χ2n) is 2.82. The number of hydrogen-bond acceptors (Lipinski definition) is 4. The van der Waals surface area contributed by atoms with Crippen LogP contribution in [0.2, 0.25) is 0 Å². The van der Waals surface area contributed by atoms with Crippen molar-refractivity contribution in [2.75, 3.05) is 33.2 Å². The molecule has 0 unspecified atom stereocenters. The van der Waals surface area contributed by atoms with Crippen LogP contribution in [0.5, 0.6) is 5.75 Å². The first kappa shape index (κ1) is 12.0. The number of aliphatic hydroxyl groups is 1. The third-order valence-corrected chi connectivity index (χ3v) is 1.66. The number of hydrogen-bond donors (Lipinski definition) is 1. The number of ether oxygens (including phenoxy) is 3. The maximum absolute atomic E-state index is 8.43. The summed E-state index contributed by atoms with van der Waals surface area (Å²) in [7, 11) is 0. The monoisotopic (exact) mass is 212 g/mol. The second kappa shape index (κ2) is 8.23. The third kappa shape index (κ3) is 6.06. The summed E-state index contributed by atoms with van der Waals surface area (Å²) in [5.41, 5.74) is 0. The van der Waals surface area contributed by atoms with Gasteiger partial charge in [-0.05, 0) is 12.1 Å². The standard InChI is InChI=1S/C11H16O4/c12-6-7-13-8-9-14-10-15-11-4-2-1-3-5-11/h1-5,12H,6-10H2. The largest absolute Gasteiger partial charge is 0.468 e. The second-order valence-corrected chi connectivity index (χ2v) is 2.82. The van der Waals surface area contributed by atoms with Crippen molar-refractivity contribution in [2.45, 2.75) is 0 Å². The molecule has 0 saturated carbocycles. The van der Waals surface area contributed by atoms with E-state index in [1.807, 2.05) is 30.3 Å². The van der Waals surface area contributed by atoms with Crippen LogP contribution < -0.4 is 4.74 Å². The summed E-state index contributed by atoms with van der Waals surface area (Å²) in [5.74, 6) is 0.786. The molecule has 1 aromatic carbocycles. The molecule has 0 amide bonds. The summed E-state index contributed by atoms with van der Waals surface area (Å²) >= 11 is 0. The molecule has 1 rings (SSSR count). The van der Waals surface area contributed by atoms with Crippen LogP contribution in [0.25, 0.3) is 0 Å². The Morgan fingerprint density at radius 2 is 1.67 bits per heavy atom. The molecule has 0 fully saturated rings. The Hall–Kier alpha value is -1.10. The number of benzene rings is 1. The van der Waals surface area contributed by atoms with Crippen LogP contribution >= 0.6 is 0 Å². The van der Waals surface area contributed by atoms with E-state index < -0.39 is 0 Å². The van der Waals surface area contributed by atoms with Gasteiger partial charge in [0, 0.05) is 0 Å². The zero-order chi connectivity index (χ0) is 10.8. The molecule has 0 spiro atoms. The highest BCUT2D eigenvalue weighted by molar-refractivity contribution is 5.20. The zero-order valence-corrected chi connectivity index (χ0v) is 8.59. The van der Waals surface area contributed by atoms with Gasteiger partial charge in [-0.3, -0.25) is 0 Å². The van der Waals surface area contributed by atoms with Gasteiger partial charge < -0.3 is 19.3 Å². The molecule has 1 N–H and O–H groups in total. The van der Waals surface area contributed by atoms with E-state index in [2.05, 4.69) is 0 Å². The van der Waals surface area contributed by atoms with Crippen molar-refractivity contribution in [3.05, 3.63) is 30.3 Å². The predicted molar refractivity (Wildman–Crippen MR) is 55.8 cm³/mol. The first-order valence-corrected chi connectivity index (χ1v) is 4.87. The lowest BCUT2D eigenvalue weighted by molar-refractivity contribution is -0.0212. The van der Waals surface area contributed by atoms with Crippen LogP contribution in [0.1, 0.15) is 0 Å². The molecule has 4 heteroatoms. The van der Waals surface area contributed by atoms with E-state index in [1.54, 1.807) is 0 Å². The smallest absolute Gasteiger partial charge is 0.189 e. The highest BCUT2D eigenvalue weighted by Gasteiger charge is 1.91. The minimum absolute atomic E-state index is 0.0422. The summed E-state index contributed by atoms with van der Waals surface area (Å²) in [6.07, 6.45) is 0. The molecular weight excluding hydrogens is 196 g/mol. The Kier molecular flexibility index (Phi) is 6.57. The van der Waals surface area contributed by atoms with E-state index >= 15 is 0 Å². The van der Waals surface area contributed by atoms with Gasteiger partial charge in [-0.25, -0.2) is 0 Å². The average Bonchev–Trinajstić information content (AvgIpc) is 2.29. The Labute approximate surface area is 89.4 Å². The van der Waals surface area contributed by atoms with E-state index in [0.717, 1.165) is 5.75 Å². The van der Waals surface area contributed by atoms with Gasteiger partial charge >= 0.3 is 0 Å². The van der Waals surface area contributed by atoms with E-state index in [1.165, 1.54) is 0 Å². The summed E-state index contributed by atoms with van der Waals surface area (Å²) in [6.45, 7) is 1.54. The SMILES string of the molecule is OCCOCCOCOc1ccccc1. The highest BCUT2D eigenvalue weighted by atomic mass is 16.7. The molecule has 0 aliphatic carbocycles. The Bertz CT molecular complexity index is 238. The zero-order valence-electron chi connectivity index (χ0n) is 8.59. The lowest BCUT2D eigenvalue weighted by atomic mass is 10.3. The lowest BCUT2D eigenvalue weighted by Crippen LogP contribution is -2.10. The van der Waals surface area contributed by atoms with E-state index in [4.69, 9.17) is 19.3 Å². The van der Waals surface area contributed by atoms with Crippen LogP contribution in [-0.2, 0) is 9.47 Å². The lowest BCUT2D eigenvalue weighted by Gasteiger charge is -2.06. The van der Waals surface area contributed by atoms with Crippen molar-refractivity contribution in [1.29, 1.82) is 0 Å². The van der Waals surface area contributed by atoms with Gasteiger partial charge in [0.2, 0.25) is 0 Å². The molecule has 0 aliphatic rings. The first-order chi connectivity index (χ1) is 7.43. The number of rotatable bonds is 8. The molecule has 0 heterocycles. The van der Waals surface area contributed by atoms with Crippen LogP contribution in [0.15, 0.2) is 30.3 Å². The maximum Gasteiger partial charge on any atom is 0.189 e. The van der Waals surface area contributed by atoms with Crippen LogP contribution in [0, 0.1) is 0 Å². The third-order valence-electron chi connectivity index (χ3n) is 1.66. The molecular formula is C11H16O4. The maximum atomic E-state index is 8.43. The molecule has 0 bridgehead atoms. The quantitative estimate of drug-likeness (QED) is 0.517. The van der Waals surface area contributed by atoms with Crippen molar-refractivity contribution >= 4 is 0 Å². The Balaban J connectivity index is 1.93. The van der Waals surface area contributed by atoms with Gasteiger partial charge in [0.25, 0.3) is 0 Å². The summed E-state index contributed by atoms with van der Waals surface area (Å²) in [4.78, 5) is 0. The molecule has 0 radical (unpaired) electrons. The van der Waals surface area contributed by atoms with Crippen LogP contribution in [0.4, 0.5) is 0 Å². The normalized spacial score (nSPS) is 10.2. The van der Waals surface area contributed by atoms with E-state index in [-0.39, 0.29) is 13.4 Å². The highest BCUT2D eigenvalue weighted by Crippen LogP contribution is 2.07. The van der Waals surface area contributed by atoms with Gasteiger partial charge in [0.15, 0.2) is 6.79 Å². The van der Waals surface area contributed by atoms with Gasteiger partial charge in [-0.2, -0.15) is 0 Å². The number of para-hydroxylation sites is 1. The molecule has 0 aromatic heterocycles. The summed E-state index contributed by atoms with van der Waals surface area (Å²) in [6, 6.07) is 9.47. The van der Waals surface area contributed by atoms with Crippen molar-refractivity contribution in [3.63, 3.8) is 0 Å². The van der Waals surface area contributed by atoms with Crippen molar-refractivity contribution in [3.8, 4) is 5.75 Å². The first-order valence-electron chi connectivity index (χ1n) is 4.87. The fraction of sp³-hybridized carbons (Fsp3) is 0.455. The molecule has 0 saturated heterocycles. The van der Waals surface area contributed by atoms with Crippen LogP contribution in [-0.4, -0.2) is 38.3 Å². The van der Waals surface area contributed by atoms with E-state index in [9.17, 15) is 0 Å².